The molecule has 0 fully saturated rings. The molecular weight excluding hydrogens is 746 g/mol. The molecule has 3 heterocycles. The first-order chi connectivity index (χ1) is 29.1. The van der Waals surface area contributed by atoms with Gasteiger partial charge in [0.25, 0.3) is 0 Å². The van der Waals surface area contributed by atoms with Crippen LogP contribution in [0.25, 0.3) is 92.6 Å². The third kappa shape index (κ3) is 5.67. The molecule has 2 aromatic heterocycles. The summed E-state index contributed by atoms with van der Waals surface area (Å²) in [4.78, 5) is 15.6. The molecule has 0 bridgehead atoms. The Hall–Kier alpha value is -7.28. The highest BCUT2D eigenvalue weighted by molar-refractivity contribution is 7.27. The van der Waals surface area contributed by atoms with Gasteiger partial charge in [0, 0.05) is 48.3 Å². The van der Waals surface area contributed by atoms with Crippen molar-refractivity contribution in [2.75, 3.05) is 0 Å². The molecule has 1 aliphatic heterocycles. The predicted molar refractivity (Wildman–Crippen MR) is 240 cm³/mol. The Labute approximate surface area is 343 Å². The Balaban J connectivity index is 0.985. The third-order valence-corrected chi connectivity index (χ3v) is 13.0. The van der Waals surface area contributed by atoms with E-state index >= 15 is 0 Å². The quantitative estimate of drug-likeness (QED) is 0.175. The van der Waals surface area contributed by atoms with Crippen molar-refractivity contribution in [1.29, 1.82) is 0 Å². The average molecular weight is 778 g/mol. The van der Waals surface area contributed by atoms with E-state index in [1.807, 2.05) is 35.6 Å². The number of allylic oxidation sites excluding steroid dienone is 2. The van der Waals surface area contributed by atoms with Gasteiger partial charge in [0.1, 0.15) is 17.7 Å². The van der Waals surface area contributed by atoms with Crippen LogP contribution < -0.4 is 4.74 Å². The molecule has 278 valence electrons. The zero-order valence-corrected chi connectivity index (χ0v) is 32.3. The lowest BCUT2D eigenvalue weighted by atomic mass is 9.84. The molecule has 10 aromatic rings. The van der Waals surface area contributed by atoms with Crippen LogP contribution in [0.3, 0.4) is 0 Å². The number of aromatic nitrogens is 3. The van der Waals surface area contributed by atoms with Crippen molar-refractivity contribution in [3.63, 3.8) is 0 Å². The number of benzene rings is 8. The van der Waals surface area contributed by atoms with Crippen molar-refractivity contribution in [3.8, 4) is 51.0 Å². The number of hydrogen-bond donors (Lipinski definition) is 0. The maximum atomic E-state index is 13.9. The first-order valence-corrected chi connectivity index (χ1v) is 20.6. The number of ether oxygens (including phenoxy) is 1. The van der Waals surface area contributed by atoms with E-state index in [1.165, 1.54) is 48.6 Å². The highest BCUT2D eigenvalue weighted by Gasteiger charge is 2.36. The lowest BCUT2D eigenvalue weighted by Crippen LogP contribution is -2.17. The molecule has 0 spiro atoms. The maximum absolute atomic E-state index is 13.9. The van der Waals surface area contributed by atoms with Crippen LogP contribution in [0.4, 0.5) is 4.39 Å². The fourth-order valence-electron chi connectivity index (χ4n) is 8.82. The highest BCUT2D eigenvalue weighted by Crippen LogP contribution is 2.48. The van der Waals surface area contributed by atoms with Crippen molar-refractivity contribution >= 4 is 58.6 Å². The Morgan fingerprint density at radius 3 is 2.00 bits per heavy atom. The van der Waals surface area contributed by atoms with Gasteiger partial charge in [-0.1, -0.05) is 152 Å². The Morgan fingerprint density at radius 1 is 0.492 bits per heavy atom. The Bertz CT molecular complexity index is 3390. The summed E-state index contributed by atoms with van der Waals surface area (Å²) in [5.74, 6) is 2.24. The molecule has 0 saturated heterocycles. The molecule has 0 N–H and O–H groups in total. The van der Waals surface area contributed by atoms with Crippen LogP contribution >= 0.6 is 11.3 Å². The van der Waals surface area contributed by atoms with E-state index in [0.29, 0.717) is 17.5 Å². The number of halogens is 1. The standard InChI is InChI=1S/C53H32FN3OS/c54-39-25-21-32(22-26-39)37-24-28-46-45(30-37)48-44(13-6-14-47(48)58-46)53-56-51(55-52(57-53)38-20-15-31-7-1-2-9-36(31)29-38)35-18-16-34(17-19-35)41-11-5-12-42-43-27-23-33-8-3-4-10-40(33)50(43)59-49(41)42/h1-30,45-46H. The Morgan fingerprint density at radius 2 is 1.14 bits per heavy atom. The second-order valence-corrected chi connectivity index (χ2v) is 16.2. The highest BCUT2D eigenvalue weighted by atomic mass is 32.1. The van der Waals surface area contributed by atoms with Crippen LogP contribution in [-0.4, -0.2) is 21.1 Å². The maximum Gasteiger partial charge on any atom is 0.164 e. The van der Waals surface area contributed by atoms with Gasteiger partial charge in [-0.2, -0.15) is 0 Å². The van der Waals surface area contributed by atoms with E-state index < -0.39 is 0 Å². The summed E-state index contributed by atoms with van der Waals surface area (Å²) >= 11 is 1.86. The van der Waals surface area contributed by atoms with Crippen LogP contribution in [0.15, 0.2) is 182 Å². The van der Waals surface area contributed by atoms with Crippen LogP contribution in [0.2, 0.25) is 0 Å². The summed E-state index contributed by atoms with van der Waals surface area (Å²) in [6.45, 7) is 0. The van der Waals surface area contributed by atoms with Gasteiger partial charge in [0.05, 0.1) is 0 Å². The number of fused-ring (bicyclic) bond motifs is 9. The molecular formula is C53H32FN3OS. The molecule has 6 heteroatoms. The molecule has 8 aromatic carbocycles. The summed E-state index contributed by atoms with van der Waals surface area (Å²) in [6, 6.07) is 55.7. The van der Waals surface area contributed by atoms with Gasteiger partial charge >= 0.3 is 0 Å². The van der Waals surface area contributed by atoms with Gasteiger partial charge in [-0.05, 0) is 74.1 Å². The molecule has 1 aliphatic carbocycles. The van der Waals surface area contributed by atoms with E-state index in [-0.39, 0.29) is 17.8 Å². The average Bonchev–Trinajstić information content (AvgIpc) is 3.88. The minimum absolute atomic E-state index is 0.0792. The molecule has 12 rings (SSSR count). The van der Waals surface area contributed by atoms with Crippen LogP contribution in [0.1, 0.15) is 17.0 Å². The third-order valence-electron chi connectivity index (χ3n) is 11.7. The fourth-order valence-corrected chi connectivity index (χ4v) is 10.2. The van der Waals surface area contributed by atoms with Crippen molar-refractivity contribution in [2.45, 2.75) is 12.0 Å². The van der Waals surface area contributed by atoms with E-state index in [1.54, 1.807) is 0 Å². The second-order valence-electron chi connectivity index (χ2n) is 15.2. The zero-order valence-electron chi connectivity index (χ0n) is 31.5. The van der Waals surface area contributed by atoms with E-state index in [4.69, 9.17) is 19.7 Å². The van der Waals surface area contributed by atoms with E-state index in [0.717, 1.165) is 55.5 Å². The molecule has 2 atom stereocenters. The van der Waals surface area contributed by atoms with E-state index in [2.05, 4.69) is 146 Å². The van der Waals surface area contributed by atoms with Gasteiger partial charge in [-0.25, -0.2) is 19.3 Å². The number of thiophene rings is 1. The second kappa shape index (κ2) is 13.4. The topological polar surface area (TPSA) is 47.9 Å². The van der Waals surface area contributed by atoms with Crippen molar-refractivity contribution in [1.82, 2.24) is 15.0 Å². The molecule has 2 aliphatic rings. The summed E-state index contributed by atoms with van der Waals surface area (Å²) < 4.78 is 23.0. The lowest BCUT2D eigenvalue weighted by molar-refractivity contribution is 0.269. The summed E-state index contributed by atoms with van der Waals surface area (Å²) in [5, 5.41) is 7.38. The summed E-state index contributed by atoms with van der Waals surface area (Å²) in [5.41, 5.74) is 8.05. The first kappa shape index (κ1) is 33.8. The zero-order chi connectivity index (χ0) is 39.0. The normalized spacial score (nSPS) is 15.7. The molecule has 0 amide bonds. The minimum Gasteiger partial charge on any atom is -0.485 e. The van der Waals surface area contributed by atoms with Gasteiger partial charge in [-0.15, -0.1) is 11.3 Å². The monoisotopic (exact) mass is 777 g/mol. The predicted octanol–water partition coefficient (Wildman–Crippen LogP) is 13.9. The lowest BCUT2D eigenvalue weighted by Gasteiger charge is -2.20. The molecule has 0 saturated carbocycles. The summed E-state index contributed by atoms with van der Waals surface area (Å²) in [6.07, 6.45) is 6.20. The fraction of sp³-hybridized carbons (Fsp3) is 0.0377. The SMILES string of the molecule is Fc1ccc(C2=CC3c4c(cccc4-c4nc(-c5ccc(-c6cccc7c6sc6c8ccccc8ccc76)cc5)nc(-c5ccc6ccccc6c5)n4)OC3C=C2)cc1. The largest absolute Gasteiger partial charge is 0.485 e. The van der Waals surface area contributed by atoms with Gasteiger partial charge < -0.3 is 4.74 Å². The van der Waals surface area contributed by atoms with Crippen molar-refractivity contribution in [2.24, 2.45) is 0 Å². The summed E-state index contributed by atoms with van der Waals surface area (Å²) in [7, 11) is 0. The molecule has 0 radical (unpaired) electrons. The molecule has 2 unspecified atom stereocenters. The van der Waals surface area contributed by atoms with Crippen LogP contribution in [0.5, 0.6) is 5.75 Å². The van der Waals surface area contributed by atoms with Gasteiger partial charge in [0.15, 0.2) is 17.5 Å². The van der Waals surface area contributed by atoms with Crippen molar-refractivity contribution < 1.29 is 9.13 Å². The first-order valence-electron chi connectivity index (χ1n) is 19.8. The molecule has 59 heavy (non-hydrogen) atoms. The number of rotatable bonds is 5. The van der Waals surface area contributed by atoms with Gasteiger partial charge in [0.2, 0.25) is 0 Å². The van der Waals surface area contributed by atoms with Gasteiger partial charge in [-0.3, -0.25) is 0 Å². The van der Waals surface area contributed by atoms with Crippen LogP contribution in [-0.2, 0) is 0 Å². The van der Waals surface area contributed by atoms with Crippen LogP contribution in [0, 0.1) is 5.82 Å². The molecule has 4 nitrogen and oxygen atoms in total. The van der Waals surface area contributed by atoms with Crippen molar-refractivity contribution in [3.05, 3.63) is 199 Å². The smallest absolute Gasteiger partial charge is 0.164 e. The minimum atomic E-state index is -0.256. The van der Waals surface area contributed by atoms with E-state index in [9.17, 15) is 4.39 Å². The Kier molecular flexibility index (Phi) is 7.68. The number of hydrogen-bond acceptors (Lipinski definition) is 5. The number of nitrogens with zero attached hydrogens (tertiary/aromatic N) is 3.